The molecule has 0 unspecified atom stereocenters. The molecule has 0 radical (unpaired) electrons. The lowest BCUT2D eigenvalue weighted by Crippen LogP contribution is -2.27. The third kappa shape index (κ3) is 3.52. The number of benzene rings is 4. The molecule has 3 nitrogen and oxygen atoms in total. The summed E-state index contributed by atoms with van der Waals surface area (Å²) >= 11 is 3.25. The number of amides is 2. The molecule has 0 atom stereocenters. The molecule has 1 fully saturated rings. The van der Waals surface area contributed by atoms with Gasteiger partial charge >= 0.3 is 0 Å². The Bertz CT molecular complexity index is 1290. The highest BCUT2D eigenvalue weighted by Gasteiger charge is 2.35. The highest BCUT2D eigenvalue weighted by molar-refractivity contribution is 14.1. The van der Waals surface area contributed by atoms with E-state index in [0.717, 1.165) is 48.0 Å². The standard InChI is InChI=1S/C25H16INO2S/c26-19-11-9-16(10-12-19)15-27-24(28)23(30-25(27)29)14-22-20-7-3-1-5-17(20)13-18-6-2-4-8-21(18)22/h1-14H,15H2/b23-14-. The topological polar surface area (TPSA) is 37.4 Å². The number of halogens is 1. The maximum atomic E-state index is 13.1. The van der Waals surface area contributed by atoms with Crippen molar-refractivity contribution in [2.24, 2.45) is 0 Å². The highest BCUT2D eigenvalue weighted by atomic mass is 127. The number of rotatable bonds is 3. The van der Waals surface area contributed by atoms with Gasteiger partial charge in [0.05, 0.1) is 11.4 Å². The summed E-state index contributed by atoms with van der Waals surface area (Å²) in [4.78, 5) is 27.5. The lowest BCUT2D eigenvalue weighted by molar-refractivity contribution is -0.123. The second-order valence-corrected chi connectivity index (χ2v) is 9.37. The first kappa shape index (κ1) is 19.3. The van der Waals surface area contributed by atoms with E-state index in [2.05, 4.69) is 52.9 Å². The van der Waals surface area contributed by atoms with E-state index < -0.39 is 0 Å². The van der Waals surface area contributed by atoms with Crippen molar-refractivity contribution in [2.75, 3.05) is 0 Å². The van der Waals surface area contributed by atoms with Crippen molar-refractivity contribution in [1.29, 1.82) is 0 Å². The summed E-state index contributed by atoms with van der Waals surface area (Å²) in [6, 6.07) is 26.3. The summed E-state index contributed by atoms with van der Waals surface area (Å²) in [5.74, 6) is -0.236. The molecule has 0 aliphatic carbocycles. The van der Waals surface area contributed by atoms with E-state index in [-0.39, 0.29) is 17.7 Å². The number of carbonyl (C=O) groups is 2. The molecule has 0 aromatic heterocycles. The molecule has 30 heavy (non-hydrogen) atoms. The lowest BCUT2D eigenvalue weighted by Gasteiger charge is -2.12. The monoisotopic (exact) mass is 521 g/mol. The van der Waals surface area contributed by atoms with Crippen LogP contribution < -0.4 is 0 Å². The Morgan fingerprint density at radius 1 is 0.833 bits per heavy atom. The summed E-state index contributed by atoms with van der Waals surface area (Å²) in [6.07, 6.45) is 1.88. The molecule has 1 aliphatic heterocycles. The van der Waals surface area contributed by atoms with Crippen LogP contribution in [0.1, 0.15) is 11.1 Å². The van der Waals surface area contributed by atoms with Gasteiger partial charge in [0.25, 0.3) is 11.1 Å². The van der Waals surface area contributed by atoms with Gasteiger partial charge in [0, 0.05) is 3.57 Å². The van der Waals surface area contributed by atoms with Crippen LogP contribution in [0.2, 0.25) is 0 Å². The zero-order valence-electron chi connectivity index (χ0n) is 15.8. The molecule has 4 aromatic rings. The summed E-state index contributed by atoms with van der Waals surface area (Å²) in [5.41, 5.74) is 1.91. The fourth-order valence-electron chi connectivity index (χ4n) is 3.74. The van der Waals surface area contributed by atoms with Crippen molar-refractivity contribution in [3.8, 4) is 0 Å². The van der Waals surface area contributed by atoms with E-state index in [1.807, 2.05) is 54.6 Å². The molecular weight excluding hydrogens is 505 g/mol. The van der Waals surface area contributed by atoms with Gasteiger partial charge in [0.15, 0.2) is 0 Å². The van der Waals surface area contributed by atoms with Gasteiger partial charge in [-0.3, -0.25) is 14.5 Å². The van der Waals surface area contributed by atoms with Crippen LogP contribution >= 0.6 is 34.4 Å². The van der Waals surface area contributed by atoms with Crippen LogP contribution in [-0.2, 0) is 11.3 Å². The molecule has 4 aromatic carbocycles. The van der Waals surface area contributed by atoms with Crippen LogP contribution in [-0.4, -0.2) is 16.0 Å². The van der Waals surface area contributed by atoms with Crippen LogP contribution in [0.3, 0.4) is 0 Å². The summed E-state index contributed by atoms with van der Waals surface area (Å²) < 4.78 is 1.12. The Balaban J connectivity index is 1.58. The van der Waals surface area contributed by atoms with Gasteiger partial charge in [0.2, 0.25) is 0 Å². The molecule has 146 valence electrons. The Hall–Kier alpha value is -2.64. The third-order valence-corrected chi connectivity index (χ3v) is 6.84. The second kappa shape index (κ2) is 7.89. The van der Waals surface area contributed by atoms with E-state index in [1.54, 1.807) is 0 Å². The largest absolute Gasteiger partial charge is 0.293 e. The number of hydrogen-bond acceptors (Lipinski definition) is 3. The number of nitrogens with zero attached hydrogens (tertiary/aromatic N) is 1. The molecule has 0 N–H and O–H groups in total. The fourth-order valence-corrected chi connectivity index (χ4v) is 4.92. The Morgan fingerprint density at radius 3 is 2.07 bits per heavy atom. The van der Waals surface area contributed by atoms with Gasteiger partial charge in [-0.25, -0.2) is 0 Å². The first-order chi connectivity index (χ1) is 14.6. The van der Waals surface area contributed by atoms with E-state index in [9.17, 15) is 9.59 Å². The second-order valence-electron chi connectivity index (χ2n) is 7.13. The maximum Gasteiger partial charge on any atom is 0.293 e. The molecule has 5 rings (SSSR count). The minimum absolute atomic E-state index is 0.227. The van der Waals surface area contributed by atoms with E-state index in [4.69, 9.17) is 0 Å². The number of carbonyl (C=O) groups excluding carboxylic acids is 2. The van der Waals surface area contributed by atoms with Crippen LogP contribution in [0.15, 0.2) is 83.8 Å². The molecule has 0 saturated carbocycles. The number of imide groups is 1. The summed E-state index contributed by atoms with van der Waals surface area (Å²) in [7, 11) is 0. The van der Waals surface area contributed by atoms with Crippen molar-refractivity contribution >= 4 is 73.1 Å². The Labute approximate surface area is 191 Å². The van der Waals surface area contributed by atoms with Gasteiger partial charge in [-0.1, -0.05) is 60.7 Å². The number of hydrogen-bond donors (Lipinski definition) is 0. The number of fused-ring (bicyclic) bond motifs is 2. The zero-order chi connectivity index (χ0) is 20.7. The molecule has 0 bridgehead atoms. The quantitative estimate of drug-likeness (QED) is 0.168. The van der Waals surface area contributed by atoms with Crippen molar-refractivity contribution in [1.82, 2.24) is 4.90 Å². The van der Waals surface area contributed by atoms with Crippen LogP contribution in [0.5, 0.6) is 0 Å². The van der Waals surface area contributed by atoms with Gasteiger partial charge < -0.3 is 0 Å². The van der Waals surface area contributed by atoms with Crippen LogP contribution in [0, 0.1) is 3.57 Å². The smallest absolute Gasteiger partial charge is 0.268 e. The molecule has 1 aliphatic rings. The van der Waals surface area contributed by atoms with E-state index >= 15 is 0 Å². The van der Waals surface area contributed by atoms with Crippen molar-refractivity contribution in [3.63, 3.8) is 0 Å². The number of thioether (sulfide) groups is 1. The summed E-state index contributed by atoms with van der Waals surface area (Å²) in [6.45, 7) is 0.287. The first-order valence-corrected chi connectivity index (χ1v) is 11.4. The van der Waals surface area contributed by atoms with Crippen LogP contribution in [0.4, 0.5) is 4.79 Å². The van der Waals surface area contributed by atoms with Gasteiger partial charge in [-0.2, -0.15) is 0 Å². The zero-order valence-corrected chi connectivity index (χ0v) is 18.8. The fraction of sp³-hybridized carbons (Fsp3) is 0.0400. The minimum Gasteiger partial charge on any atom is -0.268 e. The van der Waals surface area contributed by atoms with E-state index in [1.165, 1.54) is 4.90 Å². The SMILES string of the molecule is O=C1S/C(=C\c2c3ccccc3cc3ccccc23)C(=O)N1Cc1ccc(I)cc1. The van der Waals surface area contributed by atoms with Crippen molar-refractivity contribution in [2.45, 2.75) is 6.54 Å². The minimum atomic E-state index is -0.236. The average molecular weight is 521 g/mol. The maximum absolute atomic E-state index is 13.1. The predicted molar refractivity (Wildman–Crippen MR) is 132 cm³/mol. The Morgan fingerprint density at radius 2 is 1.43 bits per heavy atom. The molecule has 0 spiro atoms. The molecule has 5 heteroatoms. The molecule has 1 heterocycles. The van der Waals surface area contributed by atoms with Crippen LogP contribution in [0.25, 0.3) is 27.6 Å². The molecular formula is C25H16INO2S. The van der Waals surface area contributed by atoms with Crippen molar-refractivity contribution < 1.29 is 9.59 Å². The highest BCUT2D eigenvalue weighted by Crippen LogP contribution is 2.37. The summed E-state index contributed by atoms with van der Waals surface area (Å²) in [5, 5.41) is 4.14. The predicted octanol–water partition coefficient (Wildman–Crippen LogP) is 6.83. The van der Waals surface area contributed by atoms with Gasteiger partial charge in [-0.05, 0) is 91.3 Å². The van der Waals surface area contributed by atoms with Crippen molar-refractivity contribution in [3.05, 3.63) is 98.5 Å². The molecule has 2 amide bonds. The van der Waals surface area contributed by atoms with Gasteiger partial charge in [-0.15, -0.1) is 0 Å². The average Bonchev–Trinajstić information content (AvgIpc) is 3.02. The molecule has 1 saturated heterocycles. The third-order valence-electron chi connectivity index (χ3n) is 5.22. The Kier molecular flexibility index (Phi) is 5.08. The first-order valence-electron chi connectivity index (χ1n) is 9.50. The van der Waals surface area contributed by atoms with E-state index in [0.29, 0.717) is 4.91 Å². The van der Waals surface area contributed by atoms with Gasteiger partial charge in [0.1, 0.15) is 0 Å². The lowest BCUT2D eigenvalue weighted by atomic mass is 9.96. The normalized spacial score (nSPS) is 15.6.